The number of ether oxygens (including phenoxy) is 1. The second kappa shape index (κ2) is 15.3. The standard InChI is InChI=1S/C50H74N6O4/c1-29-22-49(19-16-33(23-49)32-11-12-35-14-15-38(57)25-50(35,58)24-32)44-48(3,60-44)18-17-42-40(29)26-47(42,2)36-13-10-31(20-36)43(55-45(51)53-4)56-46(52)54-37-7-5-6-30-8-9-34-27-59-28-41(34)39(30)21-37/h8-9,27-28,31-33,35-38,40,42-44,57-58H,1,5-7,10-26H2,2-4H3,(H3,51,53,55)(H3,52,54,56)/t31-,32+,33+,35-,36+,37+,38-,40+,42+,43+,44+,47+,48+,49+,50+/m0/s1. The molecule has 2 heterocycles. The lowest BCUT2D eigenvalue weighted by Crippen LogP contribution is -2.56. The lowest BCUT2D eigenvalue weighted by Gasteiger charge is -2.58. The fourth-order valence-corrected chi connectivity index (χ4v) is 15.6. The minimum absolute atomic E-state index is 0.0428. The smallest absolute Gasteiger partial charge is 0.190 e. The SMILES string of the molecule is C=C1C[C@@]2(CC[C@@H]([C@@H]3CC[C@H]4CC[C@H](O)C[C@]4(O)C3)C2)[C@@H]2O[C@]2(C)CC[C@@H]2[C@@H]1C[C@]2(C)[C@@H]1CC[C@H]([C@H](NC(N)=NC)NC(N)=N[C@@H]2CCCc3ccc4cocc4c3C2)C1. The minimum atomic E-state index is -0.676. The van der Waals surface area contributed by atoms with Crippen LogP contribution in [0.4, 0.5) is 0 Å². The summed E-state index contributed by atoms with van der Waals surface area (Å²) in [4.78, 5) is 9.39. The number of guanidine groups is 2. The number of nitrogens with one attached hydrogen (secondary N) is 2. The van der Waals surface area contributed by atoms with Crippen LogP contribution in [-0.4, -0.2) is 64.8 Å². The van der Waals surface area contributed by atoms with Gasteiger partial charge in [-0.25, -0.2) is 4.99 Å². The fraction of sp³-hybridized carbons (Fsp3) is 0.760. The Morgan fingerprint density at radius 1 is 0.900 bits per heavy atom. The van der Waals surface area contributed by atoms with Gasteiger partial charge in [0.05, 0.1) is 42.0 Å². The highest BCUT2D eigenvalue weighted by Gasteiger charge is 2.67. The molecule has 1 aliphatic heterocycles. The molecule has 328 valence electrons. The number of epoxide rings is 1. The van der Waals surface area contributed by atoms with Crippen LogP contribution in [0.1, 0.15) is 141 Å². The number of aliphatic imine (C=N–C) groups is 2. The number of hydrogen-bond donors (Lipinski definition) is 6. The van der Waals surface area contributed by atoms with E-state index in [0.717, 1.165) is 82.4 Å². The number of aryl methyl sites for hydroxylation is 1. The summed E-state index contributed by atoms with van der Waals surface area (Å²) >= 11 is 0. The van der Waals surface area contributed by atoms with E-state index in [1.165, 1.54) is 67.0 Å². The maximum Gasteiger partial charge on any atom is 0.190 e. The van der Waals surface area contributed by atoms with Crippen molar-refractivity contribution in [1.82, 2.24) is 10.6 Å². The maximum absolute atomic E-state index is 11.8. The highest BCUT2D eigenvalue weighted by atomic mass is 16.6. The first-order chi connectivity index (χ1) is 28.8. The Morgan fingerprint density at radius 3 is 2.55 bits per heavy atom. The summed E-state index contributed by atoms with van der Waals surface area (Å²) in [5.74, 6) is 4.61. The van der Waals surface area contributed by atoms with Gasteiger partial charge in [-0.1, -0.05) is 31.2 Å². The van der Waals surface area contributed by atoms with Crippen LogP contribution in [0.25, 0.3) is 10.8 Å². The topological polar surface area (TPSA) is 167 Å². The predicted octanol–water partition coefficient (Wildman–Crippen LogP) is 7.88. The first-order valence-electron chi connectivity index (χ1n) is 24.1. The molecule has 8 N–H and O–H groups in total. The number of allylic oxidation sites excluding steroid dienone is 1. The van der Waals surface area contributed by atoms with Crippen LogP contribution in [-0.2, 0) is 17.6 Å². The Kier molecular flexibility index (Phi) is 10.5. The molecule has 7 aliphatic carbocycles. The molecule has 10 nitrogen and oxygen atoms in total. The molecule has 0 amide bonds. The van der Waals surface area contributed by atoms with Gasteiger partial charge in [-0.05, 0) is 187 Å². The van der Waals surface area contributed by atoms with E-state index in [2.05, 4.69) is 41.6 Å². The number of benzene rings is 1. The highest BCUT2D eigenvalue weighted by Crippen LogP contribution is 2.69. The molecule has 1 saturated heterocycles. The van der Waals surface area contributed by atoms with Crippen LogP contribution in [0.3, 0.4) is 0 Å². The van der Waals surface area contributed by atoms with E-state index in [-0.39, 0.29) is 34.7 Å². The molecule has 1 aromatic heterocycles. The molecule has 7 fully saturated rings. The number of nitrogens with zero attached hydrogens (tertiary/aromatic N) is 2. The van der Waals surface area contributed by atoms with Gasteiger partial charge in [-0.15, -0.1) is 0 Å². The Labute approximate surface area is 358 Å². The summed E-state index contributed by atoms with van der Waals surface area (Å²) in [7, 11) is 1.73. The molecule has 10 heteroatoms. The summed E-state index contributed by atoms with van der Waals surface area (Å²) < 4.78 is 12.4. The number of rotatable bonds is 6. The quantitative estimate of drug-likeness (QED) is 0.0428. The van der Waals surface area contributed by atoms with Gasteiger partial charge < -0.3 is 41.5 Å². The average Bonchev–Trinajstić information content (AvgIpc) is 3.61. The van der Waals surface area contributed by atoms with Crippen molar-refractivity contribution < 1.29 is 19.4 Å². The molecule has 1 aromatic carbocycles. The molecular formula is C50H74N6O4. The van der Waals surface area contributed by atoms with Gasteiger partial charge in [0.2, 0.25) is 0 Å². The lowest BCUT2D eigenvalue weighted by molar-refractivity contribution is -0.127. The maximum atomic E-state index is 11.8. The molecule has 6 saturated carbocycles. The molecule has 15 atom stereocenters. The number of fused-ring (bicyclic) bond motifs is 7. The van der Waals surface area contributed by atoms with Crippen LogP contribution in [0, 0.1) is 52.3 Å². The van der Waals surface area contributed by atoms with E-state index in [1.807, 2.05) is 12.5 Å². The van der Waals surface area contributed by atoms with E-state index < -0.39 is 5.60 Å². The van der Waals surface area contributed by atoms with Crippen molar-refractivity contribution in [2.24, 2.45) is 73.7 Å². The van der Waals surface area contributed by atoms with Crippen molar-refractivity contribution in [2.45, 2.75) is 178 Å². The van der Waals surface area contributed by atoms with Crippen molar-refractivity contribution in [3.05, 3.63) is 47.9 Å². The van der Waals surface area contributed by atoms with Crippen molar-refractivity contribution in [1.29, 1.82) is 0 Å². The Balaban J connectivity index is 0.804. The number of aliphatic hydroxyl groups is 2. The fourth-order valence-electron chi connectivity index (χ4n) is 15.6. The van der Waals surface area contributed by atoms with Gasteiger partial charge in [0, 0.05) is 29.7 Å². The van der Waals surface area contributed by atoms with E-state index in [0.29, 0.717) is 65.9 Å². The third kappa shape index (κ3) is 7.20. The van der Waals surface area contributed by atoms with Crippen LogP contribution >= 0.6 is 0 Å². The first kappa shape index (κ1) is 41.0. The van der Waals surface area contributed by atoms with Gasteiger partial charge in [-0.3, -0.25) is 4.99 Å². The second-order valence-electron chi connectivity index (χ2n) is 22.2. The van der Waals surface area contributed by atoms with Crippen molar-refractivity contribution >= 4 is 22.7 Å². The Hall–Kier alpha value is -3.08. The van der Waals surface area contributed by atoms with Crippen molar-refractivity contribution in [3.63, 3.8) is 0 Å². The van der Waals surface area contributed by atoms with E-state index in [4.69, 9.17) is 32.2 Å². The molecule has 1 spiro atoms. The van der Waals surface area contributed by atoms with Gasteiger partial charge in [0.1, 0.15) is 6.17 Å². The monoisotopic (exact) mass is 823 g/mol. The third-order valence-corrected chi connectivity index (χ3v) is 18.9. The van der Waals surface area contributed by atoms with Crippen LogP contribution in [0.2, 0.25) is 0 Å². The first-order valence-corrected chi connectivity index (χ1v) is 24.1. The Bertz CT molecular complexity index is 2010. The number of aliphatic hydroxyl groups excluding tert-OH is 1. The van der Waals surface area contributed by atoms with Crippen LogP contribution < -0.4 is 22.1 Å². The van der Waals surface area contributed by atoms with E-state index >= 15 is 0 Å². The van der Waals surface area contributed by atoms with Crippen molar-refractivity contribution in [3.8, 4) is 0 Å². The van der Waals surface area contributed by atoms with E-state index in [9.17, 15) is 10.2 Å². The minimum Gasteiger partial charge on any atom is -0.471 e. The average molecular weight is 823 g/mol. The molecule has 0 unspecified atom stereocenters. The van der Waals surface area contributed by atoms with Gasteiger partial charge in [0.25, 0.3) is 0 Å². The lowest BCUT2D eigenvalue weighted by atomic mass is 9.46. The molecular weight excluding hydrogens is 749 g/mol. The molecule has 60 heavy (non-hydrogen) atoms. The van der Waals surface area contributed by atoms with Gasteiger partial charge in [0.15, 0.2) is 11.9 Å². The van der Waals surface area contributed by atoms with Gasteiger partial charge in [-0.2, -0.15) is 0 Å². The number of hydrogen-bond acceptors (Lipinski definition) is 6. The summed E-state index contributed by atoms with van der Waals surface area (Å²) in [5.41, 5.74) is 17.1. The zero-order valence-electron chi connectivity index (χ0n) is 36.8. The molecule has 10 rings (SSSR count). The summed E-state index contributed by atoms with van der Waals surface area (Å²) in [6, 6.07) is 4.52. The van der Waals surface area contributed by atoms with Crippen LogP contribution in [0.15, 0.2) is 51.2 Å². The summed E-state index contributed by atoms with van der Waals surface area (Å²) in [6.45, 7) is 9.94. The highest BCUT2D eigenvalue weighted by molar-refractivity contribution is 5.86. The molecule has 0 radical (unpaired) electrons. The van der Waals surface area contributed by atoms with E-state index in [1.54, 1.807) is 7.05 Å². The summed E-state index contributed by atoms with van der Waals surface area (Å²) in [5, 5.41) is 31.7. The molecule has 2 aromatic rings. The largest absolute Gasteiger partial charge is 0.471 e. The second-order valence-corrected chi connectivity index (χ2v) is 22.2. The normalized spacial score (nSPS) is 44.9. The number of furan rings is 1. The predicted molar refractivity (Wildman–Crippen MR) is 238 cm³/mol. The molecule has 8 aliphatic rings. The number of nitrogens with two attached hydrogens (primary N) is 2. The van der Waals surface area contributed by atoms with Crippen molar-refractivity contribution in [2.75, 3.05) is 7.05 Å². The van der Waals surface area contributed by atoms with Gasteiger partial charge >= 0.3 is 0 Å². The Morgan fingerprint density at radius 2 is 1.70 bits per heavy atom. The third-order valence-electron chi connectivity index (χ3n) is 18.9. The van der Waals surface area contributed by atoms with Crippen LogP contribution in [0.5, 0.6) is 0 Å². The summed E-state index contributed by atoms with van der Waals surface area (Å²) in [6.07, 6.45) is 24.9. The zero-order valence-corrected chi connectivity index (χ0v) is 36.8. The zero-order chi connectivity index (χ0) is 41.6. The molecule has 0 bridgehead atoms.